The van der Waals surface area contributed by atoms with Crippen LogP contribution in [0.3, 0.4) is 0 Å². The molecule has 22 heavy (non-hydrogen) atoms. The normalized spacial score (nSPS) is 28.1. The summed E-state index contributed by atoms with van der Waals surface area (Å²) in [6.45, 7) is 5.66. The van der Waals surface area contributed by atoms with Gasteiger partial charge in [-0.2, -0.15) is 0 Å². The molecule has 3 aliphatic rings. The lowest BCUT2D eigenvalue weighted by atomic mass is 9.88. The van der Waals surface area contributed by atoms with Gasteiger partial charge in [-0.05, 0) is 44.9 Å². The molecule has 1 heterocycles. The van der Waals surface area contributed by atoms with E-state index in [1.54, 1.807) is 0 Å². The van der Waals surface area contributed by atoms with Crippen molar-refractivity contribution >= 4 is 0 Å². The largest absolute Gasteiger partial charge is 0.325 e. The van der Waals surface area contributed by atoms with E-state index in [0.717, 1.165) is 12.1 Å². The molecular formula is C20H39N2+. The average molecular weight is 308 g/mol. The summed E-state index contributed by atoms with van der Waals surface area (Å²) in [5, 5.41) is 0. The third kappa shape index (κ3) is 4.47. The number of rotatable bonds is 5. The number of likely N-dealkylation sites (N-methyl/N-ethyl adjacent to an activating group) is 1. The predicted octanol–water partition coefficient (Wildman–Crippen LogP) is 4.58. The summed E-state index contributed by atoms with van der Waals surface area (Å²) in [5.74, 6) is 0. The predicted molar refractivity (Wildman–Crippen MR) is 95.1 cm³/mol. The van der Waals surface area contributed by atoms with E-state index in [0.29, 0.717) is 0 Å². The Morgan fingerprint density at radius 1 is 0.682 bits per heavy atom. The van der Waals surface area contributed by atoms with Crippen molar-refractivity contribution in [1.29, 1.82) is 0 Å². The Hall–Kier alpha value is -0.0800. The van der Waals surface area contributed by atoms with E-state index >= 15 is 0 Å². The van der Waals surface area contributed by atoms with Crippen molar-refractivity contribution in [2.75, 3.05) is 33.2 Å². The summed E-state index contributed by atoms with van der Waals surface area (Å²) in [7, 11) is 2.53. The highest BCUT2D eigenvalue weighted by atomic mass is 15.4. The van der Waals surface area contributed by atoms with E-state index < -0.39 is 0 Å². The standard InChI is InChI=1S/C20H39N2/c1-22(16-9-4-10-17-22)18-15-21(19-11-5-2-6-12-19)20-13-7-3-8-14-20/h19-20H,2-18H2,1H3/q+1. The first-order valence-corrected chi connectivity index (χ1v) is 10.4. The fraction of sp³-hybridized carbons (Fsp3) is 1.00. The second kappa shape index (κ2) is 8.15. The molecule has 128 valence electrons. The molecule has 0 aromatic carbocycles. The third-order valence-corrected chi connectivity index (χ3v) is 6.88. The Kier molecular flexibility index (Phi) is 6.21. The van der Waals surface area contributed by atoms with Crippen LogP contribution < -0.4 is 0 Å². The lowest BCUT2D eigenvalue weighted by Gasteiger charge is -2.45. The van der Waals surface area contributed by atoms with Crippen molar-refractivity contribution in [2.45, 2.75) is 95.6 Å². The van der Waals surface area contributed by atoms with Crippen LogP contribution >= 0.6 is 0 Å². The van der Waals surface area contributed by atoms with Crippen LogP contribution in [0.2, 0.25) is 0 Å². The Morgan fingerprint density at radius 3 is 1.64 bits per heavy atom. The summed E-state index contributed by atoms with van der Waals surface area (Å²) >= 11 is 0. The monoisotopic (exact) mass is 307 g/mol. The zero-order chi connectivity index (χ0) is 15.3. The van der Waals surface area contributed by atoms with Crippen LogP contribution in [0.25, 0.3) is 0 Å². The van der Waals surface area contributed by atoms with Gasteiger partial charge in [0.2, 0.25) is 0 Å². The zero-order valence-corrected chi connectivity index (χ0v) is 15.1. The molecule has 0 aromatic heterocycles. The second-order valence-corrected chi connectivity index (χ2v) is 8.67. The summed E-state index contributed by atoms with van der Waals surface area (Å²) in [4.78, 5) is 3.01. The molecule has 2 aliphatic carbocycles. The maximum Gasteiger partial charge on any atom is 0.0914 e. The molecule has 0 N–H and O–H groups in total. The first kappa shape index (κ1) is 16.8. The van der Waals surface area contributed by atoms with Gasteiger partial charge in [0.1, 0.15) is 0 Å². The van der Waals surface area contributed by atoms with Crippen molar-refractivity contribution in [1.82, 2.24) is 4.90 Å². The Bertz CT molecular complexity index is 292. The van der Waals surface area contributed by atoms with Crippen LogP contribution in [0.15, 0.2) is 0 Å². The van der Waals surface area contributed by atoms with Gasteiger partial charge in [-0.1, -0.05) is 38.5 Å². The molecule has 2 nitrogen and oxygen atoms in total. The molecular weight excluding hydrogens is 268 g/mol. The summed E-state index contributed by atoms with van der Waals surface area (Å²) in [5.41, 5.74) is 0. The summed E-state index contributed by atoms with van der Waals surface area (Å²) in [6, 6.07) is 1.85. The van der Waals surface area contributed by atoms with Crippen LogP contribution in [-0.4, -0.2) is 54.7 Å². The molecule has 3 rings (SSSR count). The van der Waals surface area contributed by atoms with E-state index in [1.165, 1.54) is 114 Å². The van der Waals surface area contributed by atoms with E-state index in [1.807, 2.05) is 0 Å². The summed E-state index contributed by atoms with van der Waals surface area (Å²) < 4.78 is 1.36. The highest BCUT2D eigenvalue weighted by Crippen LogP contribution is 2.30. The molecule has 0 amide bonds. The minimum Gasteiger partial charge on any atom is -0.325 e. The van der Waals surface area contributed by atoms with Gasteiger partial charge in [-0.3, -0.25) is 4.90 Å². The lowest BCUT2D eigenvalue weighted by Crippen LogP contribution is -2.55. The van der Waals surface area contributed by atoms with Gasteiger partial charge in [0.25, 0.3) is 0 Å². The van der Waals surface area contributed by atoms with Crippen LogP contribution in [0.4, 0.5) is 0 Å². The second-order valence-electron chi connectivity index (χ2n) is 8.67. The van der Waals surface area contributed by atoms with E-state index in [-0.39, 0.29) is 0 Å². The molecule has 1 saturated heterocycles. The fourth-order valence-electron chi connectivity index (χ4n) is 5.34. The molecule has 1 aliphatic heterocycles. The van der Waals surface area contributed by atoms with E-state index in [2.05, 4.69) is 11.9 Å². The SMILES string of the molecule is C[N+]1(CCN(C2CCCCC2)C2CCCCC2)CCCCC1. The number of hydrogen-bond acceptors (Lipinski definition) is 1. The number of piperidine rings is 1. The van der Waals surface area contributed by atoms with Crippen molar-refractivity contribution in [3.63, 3.8) is 0 Å². The molecule has 2 heteroatoms. The number of likely N-dealkylation sites (tertiary alicyclic amines) is 1. The van der Waals surface area contributed by atoms with Gasteiger partial charge in [0, 0.05) is 18.6 Å². The minimum atomic E-state index is 0.924. The van der Waals surface area contributed by atoms with Crippen molar-refractivity contribution in [3.8, 4) is 0 Å². The Morgan fingerprint density at radius 2 is 1.14 bits per heavy atom. The highest BCUT2D eigenvalue weighted by molar-refractivity contribution is 4.83. The Balaban J connectivity index is 1.59. The molecule has 0 unspecified atom stereocenters. The van der Waals surface area contributed by atoms with Gasteiger partial charge in [-0.25, -0.2) is 0 Å². The van der Waals surface area contributed by atoms with Crippen molar-refractivity contribution in [3.05, 3.63) is 0 Å². The van der Waals surface area contributed by atoms with Crippen LogP contribution in [0.1, 0.15) is 83.5 Å². The molecule has 0 spiro atoms. The molecule has 0 bridgehead atoms. The summed E-state index contributed by atoms with van der Waals surface area (Å²) in [6.07, 6.45) is 19.3. The van der Waals surface area contributed by atoms with Gasteiger partial charge < -0.3 is 4.48 Å². The number of quaternary nitrogens is 1. The first-order valence-electron chi connectivity index (χ1n) is 10.4. The van der Waals surface area contributed by atoms with E-state index in [4.69, 9.17) is 0 Å². The number of hydrogen-bond donors (Lipinski definition) is 0. The van der Waals surface area contributed by atoms with Crippen molar-refractivity contribution < 1.29 is 4.48 Å². The van der Waals surface area contributed by atoms with Gasteiger partial charge in [0.05, 0.1) is 26.7 Å². The maximum atomic E-state index is 3.01. The van der Waals surface area contributed by atoms with Gasteiger partial charge >= 0.3 is 0 Å². The van der Waals surface area contributed by atoms with Gasteiger partial charge in [0.15, 0.2) is 0 Å². The molecule has 0 radical (unpaired) electrons. The third-order valence-electron chi connectivity index (χ3n) is 6.88. The van der Waals surface area contributed by atoms with Crippen LogP contribution in [0, 0.1) is 0 Å². The molecule has 2 saturated carbocycles. The van der Waals surface area contributed by atoms with Crippen LogP contribution in [-0.2, 0) is 0 Å². The van der Waals surface area contributed by atoms with Crippen LogP contribution in [0.5, 0.6) is 0 Å². The highest BCUT2D eigenvalue weighted by Gasteiger charge is 2.32. The molecule has 0 aromatic rings. The quantitative estimate of drug-likeness (QED) is 0.672. The number of nitrogens with zero attached hydrogens (tertiary/aromatic N) is 2. The van der Waals surface area contributed by atoms with Crippen molar-refractivity contribution in [2.24, 2.45) is 0 Å². The Labute approximate surface area is 138 Å². The minimum absolute atomic E-state index is 0.924. The smallest absolute Gasteiger partial charge is 0.0914 e. The molecule has 3 fully saturated rings. The maximum absolute atomic E-state index is 3.01. The topological polar surface area (TPSA) is 3.24 Å². The molecule has 0 atom stereocenters. The first-order chi connectivity index (χ1) is 10.8. The average Bonchev–Trinajstić information content (AvgIpc) is 2.58. The lowest BCUT2D eigenvalue weighted by molar-refractivity contribution is -0.913. The van der Waals surface area contributed by atoms with E-state index in [9.17, 15) is 0 Å². The van der Waals surface area contributed by atoms with Gasteiger partial charge in [-0.15, -0.1) is 0 Å². The zero-order valence-electron chi connectivity index (χ0n) is 15.1. The fourth-order valence-corrected chi connectivity index (χ4v) is 5.34.